The Labute approximate surface area is 138 Å². The van der Waals surface area contributed by atoms with Crippen LogP contribution < -0.4 is 0 Å². The van der Waals surface area contributed by atoms with Crippen LogP contribution in [0.3, 0.4) is 0 Å². The molecule has 0 saturated heterocycles. The van der Waals surface area contributed by atoms with E-state index in [2.05, 4.69) is 15.0 Å². The molecule has 0 atom stereocenters. The van der Waals surface area contributed by atoms with Gasteiger partial charge in [-0.05, 0) is 29.7 Å². The van der Waals surface area contributed by atoms with Gasteiger partial charge in [0.15, 0.2) is 0 Å². The molecule has 23 heavy (non-hydrogen) atoms. The topological polar surface area (TPSA) is 58.5 Å². The van der Waals surface area contributed by atoms with Gasteiger partial charge in [-0.1, -0.05) is 0 Å². The van der Waals surface area contributed by atoms with Gasteiger partial charge in [-0.2, -0.15) is 0 Å². The number of carbonyl (C=O) groups is 1. The fraction of sp³-hybridized carbons (Fsp3) is 0.294. The lowest BCUT2D eigenvalue weighted by molar-refractivity contribution is -0.130. The highest BCUT2D eigenvalue weighted by molar-refractivity contribution is 7.09. The van der Waals surface area contributed by atoms with Gasteiger partial charge < -0.3 is 4.90 Å². The highest BCUT2D eigenvalue weighted by Gasteiger charge is 2.29. The molecule has 4 heterocycles. The maximum absolute atomic E-state index is 12.5. The van der Waals surface area contributed by atoms with Crippen molar-refractivity contribution in [3.05, 3.63) is 57.8 Å². The lowest BCUT2D eigenvalue weighted by Gasteiger charge is -2.28. The van der Waals surface area contributed by atoms with E-state index >= 15 is 0 Å². The fourth-order valence-electron chi connectivity index (χ4n) is 3.06. The van der Waals surface area contributed by atoms with Crippen LogP contribution in [0.4, 0.5) is 0 Å². The number of aromatic nitrogens is 2. The number of pyridine rings is 1. The molecule has 2 aliphatic heterocycles. The number of hydrogen-bond donors (Lipinski definition) is 0. The molecule has 0 saturated carbocycles. The third kappa shape index (κ3) is 2.82. The van der Waals surface area contributed by atoms with E-state index in [1.54, 1.807) is 18.6 Å². The van der Waals surface area contributed by atoms with E-state index in [0.29, 0.717) is 13.0 Å². The Morgan fingerprint density at radius 1 is 1.26 bits per heavy atom. The van der Waals surface area contributed by atoms with Gasteiger partial charge in [-0.15, -0.1) is 11.3 Å². The number of carbonyl (C=O) groups excluding carboxylic acids is 1. The third-order valence-electron chi connectivity index (χ3n) is 4.27. The second kappa shape index (κ2) is 6.04. The van der Waals surface area contributed by atoms with Crippen molar-refractivity contribution in [2.75, 3.05) is 19.6 Å². The largest absolute Gasteiger partial charge is 0.338 e. The molecule has 6 heteroatoms. The van der Waals surface area contributed by atoms with Crippen LogP contribution in [0, 0.1) is 0 Å². The minimum absolute atomic E-state index is 0.146. The summed E-state index contributed by atoms with van der Waals surface area (Å²) in [6, 6.07) is 3.95. The first-order chi connectivity index (χ1) is 11.3. The van der Waals surface area contributed by atoms with Gasteiger partial charge >= 0.3 is 0 Å². The van der Waals surface area contributed by atoms with Crippen LogP contribution >= 0.6 is 11.3 Å². The smallest absolute Gasteiger partial charge is 0.229 e. The molecule has 2 aromatic heterocycles. The van der Waals surface area contributed by atoms with Crippen molar-refractivity contribution in [3.63, 3.8) is 0 Å². The van der Waals surface area contributed by atoms with Crippen molar-refractivity contribution < 1.29 is 4.79 Å². The molecule has 0 radical (unpaired) electrons. The van der Waals surface area contributed by atoms with Gasteiger partial charge in [0.1, 0.15) is 5.01 Å². The van der Waals surface area contributed by atoms with Crippen molar-refractivity contribution in [2.45, 2.75) is 12.8 Å². The zero-order valence-corrected chi connectivity index (χ0v) is 13.4. The molecule has 5 nitrogen and oxygen atoms in total. The molecule has 0 aliphatic carbocycles. The number of thiazole rings is 1. The van der Waals surface area contributed by atoms with E-state index in [4.69, 9.17) is 0 Å². The summed E-state index contributed by atoms with van der Waals surface area (Å²) in [7, 11) is 0. The summed E-state index contributed by atoms with van der Waals surface area (Å²) in [4.78, 5) is 27.4. The van der Waals surface area contributed by atoms with Gasteiger partial charge in [0, 0.05) is 42.6 Å². The van der Waals surface area contributed by atoms with Crippen LogP contribution in [0.5, 0.6) is 0 Å². The van der Waals surface area contributed by atoms with Gasteiger partial charge in [0.05, 0.1) is 18.7 Å². The zero-order chi connectivity index (χ0) is 15.6. The molecule has 4 rings (SSSR count). The van der Waals surface area contributed by atoms with Gasteiger partial charge in [-0.25, -0.2) is 4.98 Å². The summed E-state index contributed by atoms with van der Waals surface area (Å²) in [5.74, 6) is 0.146. The van der Waals surface area contributed by atoms with Crippen molar-refractivity contribution in [3.8, 4) is 0 Å². The molecule has 0 bridgehead atoms. The lowest BCUT2D eigenvalue weighted by atomic mass is 9.95. The summed E-state index contributed by atoms with van der Waals surface area (Å²) in [6.07, 6.45) is 6.61. The number of aliphatic imine (C=N–C) groups is 1. The summed E-state index contributed by atoms with van der Waals surface area (Å²) >= 11 is 1.53. The molecular formula is C17H16N4OS. The van der Waals surface area contributed by atoms with Gasteiger partial charge in [-0.3, -0.25) is 14.8 Å². The van der Waals surface area contributed by atoms with Crippen molar-refractivity contribution in [2.24, 2.45) is 4.99 Å². The Bertz CT molecular complexity index is 780. The number of hydrogen-bond acceptors (Lipinski definition) is 5. The predicted molar refractivity (Wildman–Crippen MR) is 89.7 cm³/mol. The first-order valence-corrected chi connectivity index (χ1v) is 8.51. The predicted octanol–water partition coefficient (Wildman–Crippen LogP) is 2.11. The van der Waals surface area contributed by atoms with Crippen LogP contribution in [-0.2, 0) is 11.2 Å². The minimum atomic E-state index is 0.146. The van der Waals surface area contributed by atoms with Crippen LogP contribution in [-0.4, -0.2) is 46.1 Å². The Morgan fingerprint density at radius 3 is 2.91 bits per heavy atom. The number of amides is 1. The zero-order valence-electron chi connectivity index (χ0n) is 12.6. The van der Waals surface area contributed by atoms with Crippen molar-refractivity contribution in [1.29, 1.82) is 0 Å². The third-order valence-corrected chi connectivity index (χ3v) is 5.05. The average molecular weight is 324 g/mol. The molecule has 1 amide bonds. The highest BCUT2D eigenvalue weighted by atomic mass is 32.1. The molecule has 0 aromatic carbocycles. The minimum Gasteiger partial charge on any atom is -0.338 e. The first-order valence-electron chi connectivity index (χ1n) is 7.63. The Morgan fingerprint density at radius 2 is 2.13 bits per heavy atom. The molecule has 0 unspecified atom stereocenters. The number of nitrogens with zero attached hydrogens (tertiary/aromatic N) is 4. The molecule has 116 valence electrons. The standard InChI is InChI=1S/C17H16N4OS/c22-16(9-15-19-6-8-23-15)21-7-3-13-10-20-17(14(13)11-21)12-1-4-18-5-2-12/h1-2,4-6,8H,3,7,9-11H2. The SMILES string of the molecule is O=C(Cc1nccs1)N1CCC2=C(C1)C(c1ccncc1)=NC2. The Balaban J connectivity index is 1.52. The highest BCUT2D eigenvalue weighted by Crippen LogP contribution is 2.27. The molecule has 0 spiro atoms. The van der Waals surface area contributed by atoms with Crippen LogP contribution in [0.1, 0.15) is 17.0 Å². The molecule has 2 aliphatic rings. The summed E-state index contributed by atoms with van der Waals surface area (Å²) < 4.78 is 0. The maximum atomic E-state index is 12.5. The number of rotatable bonds is 3. The van der Waals surface area contributed by atoms with E-state index in [1.807, 2.05) is 22.4 Å². The molecular weight excluding hydrogens is 308 g/mol. The normalized spacial score (nSPS) is 17.2. The first kappa shape index (κ1) is 14.3. The molecule has 0 N–H and O–H groups in total. The average Bonchev–Trinajstić information content (AvgIpc) is 3.24. The molecule has 0 fully saturated rings. The second-order valence-corrected chi connectivity index (χ2v) is 6.63. The van der Waals surface area contributed by atoms with Crippen LogP contribution in [0.2, 0.25) is 0 Å². The van der Waals surface area contributed by atoms with Crippen LogP contribution in [0.25, 0.3) is 0 Å². The Hall–Kier alpha value is -2.34. The summed E-state index contributed by atoms with van der Waals surface area (Å²) in [5.41, 5.74) is 4.69. The Kier molecular flexibility index (Phi) is 3.75. The molecule has 2 aromatic rings. The van der Waals surface area contributed by atoms with Crippen molar-refractivity contribution in [1.82, 2.24) is 14.9 Å². The van der Waals surface area contributed by atoms with E-state index < -0.39 is 0 Å². The quantitative estimate of drug-likeness (QED) is 0.869. The van der Waals surface area contributed by atoms with Gasteiger partial charge in [0.25, 0.3) is 0 Å². The van der Waals surface area contributed by atoms with E-state index in [0.717, 1.165) is 35.8 Å². The summed E-state index contributed by atoms with van der Waals surface area (Å²) in [5, 5.41) is 2.79. The lowest BCUT2D eigenvalue weighted by Crippen LogP contribution is -2.39. The fourth-order valence-corrected chi connectivity index (χ4v) is 3.67. The second-order valence-electron chi connectivity index (χ2n) is 5.65. The maximum Gasteiger partial charge on any atom is 0.229 e. The van der Waals surface area contributed by atoms with Crippen molar-refractivity contribution >= 4 is 23.0 Å². The summed E-state index contributed by atoms with van der Waals surface area (Å²) in [6.45, 7) is 2.20. The van der Waals surface area contributed by atoms with Gasteiger partial charge in [0.2, 0.25) is 5.91 Å². The monoisotopic (exact) mass is 324 g/mol. The van der Waals surface area contributed by atoms with E-state index in [1.165, 1.54) is 22.5 Å². The van der Waals surface area contributed by atoms with E-state index in [9.17, 15) is 4.79 Å². The van der Waals surface area contributed by atoms with E-state index in [-0.39, 0.29) is 5.91 Å². The van der Waals surface area contributed by atoms with Crippen LogP contribution in [0.15, 0.2) is 52.2 Å².